The average Bonchev–Trinajstić information content (AvgIpc) is 3.40. The molecule has 8 heteroatoms. The molecule has 1 aliphatic rings. The van der Waals surface area contributed by atoms with Crippen LogP contribution < -0.4 is 10.1 Å². The van der Waals surface area contributed by atoms with Gasteiger partial charge in [-0.25, -0.2) is 0 Å². The average molecular weight is 421 g/mol. The summed E-state index contributed by atoms with van der Waals surface area (Å²) in [7, 11) is 0. The summed E-state index contributed by atoms with van der Waals surface area (Å²) in [6.45, 7) is 7.58. The van der Waals surface area contributed by atoms with Gasteiger partial charge in [0.2, 0.25) is 5.91 Å². The molecule has 0 atom stereocenters. The molecule has 0 fully saturated rings. The van der Waals surface area contributed by atoms with Gasteiger partial charge in [-0.05, 0) is 72.1 Å². The maximum Gasteiger partial charge on any atom is 0.345 e. The molecule has 0 unspecified atom stereocenters. The number of benzene rings is 2. The van der Waals surface area contributed by atoms with Gasteiger partial charge in [0.25, 0.3) is 0 Å². The number of fused-ring (bicyclic) bond motifs is 1. The second-order valence-corrected chi connectivity index (χ2v) is 7.70. The minimum atomic E-state index is -0.0195. The van der Waals surface area contributed by atoms with Crippen LogP contribution in [0.2, 0.25) is 0 Å². The fourth-order valence-electron chi connectivity index (χ4n) is 3.99. The Morgan fingerprint density at radius 1 is 1.06 bits per heavy atom. The standard InChI is InChI=1S/C23H28N6O2/c1-3-13-28(14-4-2)15-12-17-10-11-20(22-19(17)16-21(30)24-22)31-23-25-26-27-29(23)18-8-6-5-7-9-18/h5-11H,3-4,12-16H2,1-2H3,(H,24,30). The Morgan fingerprint density at radius 2 is 1.84 bits per heavy atom. The molecule has 0 aliphatic carbocycles. The van der Waals surface area contributed by atoms with E-state index in [9.17, 15) is 4.79 Å². The van der Waals surface area contributed by atoms with Gasteiger partial charge in [0.15, 0.2) is 5.75 Å². The van der Waals surface area contributed by atoms with Crippen LogP contribution in [-0.2, 0) is 17.6 Å². The molecule has 3 aromatic rings. The maximum absolute atomic E-state index is 12.2. The van der Waals surface area contributed by atoms with Crippen LogP contribution in [0, 0.1) is 0 Å². The third-order valence-corrected chi connectivity index (χ3v) is 5.39. The van der Waals surface area contributed by atoms with Crippen molar-refractivity contribution in [3.8, 4) is 17.4 Å². The van der Waals surface area contributed by atoms with Crippen molar-refractivity contribution in [2.75, 3.05) is 25.0 Å². The van der Waals surface area contributed by atoms with Crippen LogP contribution in [0.3, 0.4) is 0 Å². The number of aromatic nitrogens is 4. The molecule has 2 aromatic carbocycles. The molecule has 1 aliphatic heterocycles. The number of carbonyl (C=O) groups excluding carboxylic acids is 1. The lowest BCUT2D eigenvalue weighted by Crippen LogP contribution is -2.28. The summed E-state index contributed by atoms with van der Waals surface area (Å²) < 4.78 is 7.59. The first-order chi connectivity index (χ1) is 15.2. The zero-order valence-electron chi connectivity index (χ0n) is 18.0. The van der Waals surface area contributed by atoms with Crippen LogP contribution >= 0.6 is 0 Å². The van der Waals surface area contributed by atoms with Crippen molar-refractivity contribution >= 4 is 11.6 Å². The molecule has 0 saturated carbocycles. The minimum Gasteiger partial charge on any atom is -0.421 e. The number of anilines is 1. The van der Waals surface area contributed by atoms with Crippen molar-refractivity contribution in [2.45, 2.75) is 39.5 Å². The van der Waals surface area contributed by atoms with E-state index in [1.807, 2.05) is 36.4 Å². The number of amides is 1. The van der Waals surface area contributed by atoms with Crippen LogP contribution in [0.25, 0.3) is 5.69 Å². The normalized spacial score (nSPS) is 12.8. The van der Waals surface area contributed by atoms with Gasteiger partial charge >= 0.3 is 6.01 Å². The lowest BCUT2D eigenvalue weighted by atomic mass is 10.0. The monoisotopic (exact) mass is 420 g/mol. The summed E-state index contributed by atoms with van der Waals surface area (Å²) in [4.78, 5) is 14.7. The van der Waals surface area contributed by atoms with E-state index in [0.29, 0.717) is 12.2 Å². The Bertz CT molecular complexity index is 1030. The summed E-state index contributed by atoms with van der Waals surface area (Å²) >= 11 is 0. The molecular weight excluding hydrogens is 392 g/mol. The first kappa shape index (κ1) is 21.0. The van der Waals surface area contributed by atoms with Gasteiger partial charge < -0.3 is 15.0 Å². The largest absolute Gasteiger partial charge is 0.421 e. The molecule has 8 nitrogen and oxygen atoms in total. The topological polar surface area (TPSA) is 85.2 Å². The van der Waals surface area contributed by atoms with Crippen molar-refractivity contribution in [1.82, 2.24) is 25.1 Å². The summed E-state index contributed by atoms with van der Waals surface area (Å²) in [6, 6.07) is 13.8. The molecule has 1 N–H and O–H groups in total. The van der Waals surface area contributed by atoms with Gasteiger partial charge in [-0.15, -0.1) is 0 Å². The summed E-state index contributed by atoms with van der Waals surface area (Å²) in [5.74, 6) is 0.532. The highest BCUT2D eigenvalue weighted by Gasteiger charge is 2.26. The highest BCUT2D eigenvalue weighted by Crippen LogP contribution is 2.38. The second kappa shape index (κ2) is 9.70. The highest BCUT2D eigenvalue weighted by atomic mass is 16.5. The first-order valence-electron chi connectivity index (χ1n) is 10.9. The molecule has 1 aromatic heterocycles. The zero-order chi connectivity index (χ0) is 21.6. The molecular formula is C23H28N6O2. The Balaban J connectivity index is 1.57. The predicted octanol–water partition coefficient (Wildman–Crippen LogP) is 3.61. The second-order valence-electron chi connectivity index (χ2n) is 7.70. The number of rotatable bonds is 10. The van der Waals surface area contributed by atoms with E-state index in [1.165, 1.54) is 10.2 Å². The maximum atomic E-state index is 12.2. The molecule has 31 heavy (non-hydrogen) atoms. The zero-order valence-corrected chi connectivity index (χ0v) is 18.0. The Kier molecular flexibility index (Phi) is 6.57. The van der Waals surface area contributed by atoms with Gasteiger partial charge in [0.05, 0.1) is 17.8 Å². The molecule has 0 bridgehead atoms. The smallest absolute Gasteiger partial charge is 0.345 e. The van der Waals surface area contributed by atoms with Crippen molar-refractivity contribution in [2.24, 2.45) is 0 Å². The Labute approximate surface area is 182 Å². The van der Waals surface area contributed by atoms with Crippen molar-refractivity contribution in [3.05, 3.63) is 53.6 Å². The number of para-hydroxylation sites is 1. The SMILES string of the molecule is CCCN(CCC)CCc1ccc(Oc2nnnn2-c2ccccc2)c2c1CC(=O)N2. The van der Waals surface area contributed by atoms with Crippen LogP contribution in [0.5, 0.6) is 11.8 Å². The number of carbonyl (C=O) groups is 1. The Hall–Kier alpha value is -3.26. The lowest BCUT2D eigenvalue weighted by molar-refractivity contribution is -0.115. The Morgan fingerprint density at radius 3 is 2.58 bits per heavy atom. The number of nitrogens with one attached hydrogen (secondary N) is 1. The fraction of sp³-hybridized carbons (Fsp3) is 0.391. The van der Waals surface area contributed by atoms with Crippen molar-refractivity contribution in [1.29, 1.82) is 0 Å². The van der Waals surface area contributed by atoms with Crippen LogP contribution in [-0.4, -0.2) is 50.6 Å². The van der Waals surface area contributed by atoms with Crippen molar-refractivity contribution in [3.63, 3.8) is 0 Å². The quantitative estimate of drug-likeness (QED) is 0.539. The number of nitrogens with zero attached hydrogens (tertiary/aromatic N) is 5. The minimum absolute atomic E-state index is 0.0195. The van der Waals surface area contributed by atoms with E-state index >= 15 is 0 Å². The third kappa shape index (κ3) is 4.74. The first-order valence-corrected chi connectivity index (χ1v) is 10.9. The fourth-order valence-corrected chi connectivity index (χ4v) is 3.99. The molecule has 162 valence electrons. The number of tetrazole rings is 1. The highest BCUT2D eigenvalue weighted by molar-refractivity contribution is 6.01. The van der Waals surface area contributed by atoms with Gasteiger partial charge in [-0.3, -0.25) is 4.79 Å². The molecule has 0 spiro atoms. The van der Waals surface area contributed by atoms with E-state index in [4.69, 9.17) is 4.74 Å². The number of hydrogen-bond donors (Lipinski definition) is 1. The van der Waals surface area contributed by atoms with E-state index in [2.05, 4.69) is 45.7 Å². The molecule has 1 amide bonds. The van der Waals surface area contributed by atoms with Crippen LogP contribution in [0.15, 0.2) is 42.5 Å². The molecule has 2 heterocycles. The number of hydrogen-bond acceptors (Lipinski definition) is 6. The molecule has 0 radical (unpaired) electrons. The van der Waals surface area contributed by atoms with Gasteiger partial charge in [0.1, 0.15) is 0 Å². The van der Waals surface area contributed by atoms with Gasteiger partial charge in [-0.2, -0.15) is 4.68 Å². The third-order valence-electron chi connectivity index (χ3n) is 5.39. The van der Waals surface area contributed by atoms with E-state index in [0.717, 1.165) is 55.8 Å². The van der Waals surface area contributed by atoms with Gasteiger partial charge in [-0.1, -0.05) is 43.2 Å². The molecule has 0 saturated heterocycles. The van der Waals surface area contributed by atoms with E-state index < -0.39 is 0 Å². The summed E-state index contributed by atoms with van der Waals surface area (Å²) in [6.07, 6.45) is 3.55. The predicted molar refractivity (Wildman–Crippen MR) is 119 cm³/mol. The van der Waals surface area contributed by atoms with E-state index in [1.54, 1.807) is 0 Å². The summed E-state index contributed by atoms with van der Waals surface area (Å²) in [5.41, 5.74) is 3.71. The van der Waals surface area contributed by atoms with Crippen molar-refractivity contribution < 1.29 is 9.53 Å². The van der Waals surface area contributed by atoms with Crippen LogP contribution in [0.1, 0.15) is 37.8 Å². The van der Waals surface area contributed by atoms with E-state index in [-0.39, 0.29) is 11.9 Å². The van der Waals surface area contributed by atoms with Crippen LogP contribution in [0.4, 0.5) is 5.69 Å². The summed E-state index contributed by atoms with van der Waals surface area (Å²) in [5, 5.41) is 14.8. The number of ether oxygens (including phenoxy) is 1. The van der Waals surface area contributed by atoms with Gasteiger partial charge in [0, 0.05) is 6.54 Å². The lowest BCUT2D eigenvalue weighted by Gasteiger charge is -2.21. The molecule has 4 rings (SSSR count).